The van der Waals surface area contributed by atoms with Crippen molar-refractivity contribution in [2.24, 2.45) is 0 Å². The van der Waals surface area contributed by atoms with Gasteiger partial charge in [-0.05, 0) is 72.7 Å². The van der Waals surface area contributed by atoms with Crippen LogP contribution in [0, 0.1) is 0 Å². The van der Waals surface area contributed by atoms with Gasteiger partial charge in [-0.3, -0.25) is 9.69 Å². The highest BCUT2D eigenvalue weighted by Gasteiger charge is 2.39. The van der Waals surface area contributed by atoms with E-state index in [0.717, 1.165) is 37.3 Å². The van der Waals surface area contributed by atoms with Crippen LogP contribution in [0.3, 0.4) is 0 Å². The predicted octanol–water partition coefficient (Wildman–Crippen LogP) is 5.08. The molecule has 1 aromatic heterocycles. The second-order valence-electron chi connectivity index (χ2n) is 10.1. The average molecular weight is 505 g/mol. The molecule has 0 bridgehead atoms. The van der Waals surface area contributed by atoms with E-state index in [9.17, 15) is 4.79 Å². The van der Waals surface area contributed by atoms with E-state index < -0.39 is 0 Å². The van der Waals surface area contributed by atoms with Crippen LogP contribution >= 0.6 is 11.8 Å². The molecule has 0 saturated carbocycles. The lowest BCUT2D eigenvalue weighted by Gasteiger charge is -2.35. The maximum absolute atomic E-state index is 12.3. The maximum Gasteiger partial charge on any atom is 0.253 e. The van der Waals surface area contributed by atoms with Crippen molar-refractivity contribution in [1.82, 2.24) is 14.7 Å². The first kappa shape index (κ1) is 25.1. The van der Waals surface area contributed by atoms with Gasteiger partial charge in [-0.1, -0.05) is 32.5 Å². The number of hydrogen-bond acceptors (Lipinski definition) is 5. The number of anilines is 1. The van der Waals surface area contributed by atoms with Crippen molar-refractivity contribution in [2.45, 2.75) is 56.7 Å². The molecule has 2 atom stereocenters. The number of morpholine rings is 1. The Kier molecular flexibility index (Phi) is 7.24. The van der Waals surface area contributed by atoms with Crippen LogP contribution in [0.4, 0.5) is 5.69 Å². The summed E-state index contributed by atoms with van der Waals surface area (Å²) < 4.78 is 7.46. The van der Waals surface area contributed by atoms with Crippen molar-refractivity contribution < 1.29 is 9.53 Å². The molecule has 190 valence electrons. The van der Waals surface area contributed by atoms with Crippen molar-refractivity contribution in [3.05, 3.63) is 77.6 Å². The van der Waals surface area contributed by atoms with E-state index in [0.29, 0.717) is 18.5 Å². The summed E-state index contributed by atoms with van der Waals surface area (Å²) in [7, 11) is 0. The van der Waals surface area contributed by atoms with Gasteiger partial charge in [-0.15, -0.1) is 11.8 Å². The van der Waals surface area contributed by atoms with Gasteiger partial charge in [-0.25, -0.2) is 4.68 Å². The molecule has 1 amide bonds. The SMILES string of the molecule is C.CC1(Cc2ccc(-n3cccn3)cc2)CCC(N2CCc3ccc(N4CCOCC4=O)cc3C2)S1. The third kappa shape index (κ3) is 5.10. The standard InChI is InChI=1S/C28H32N4O2S.CH4/c1-28(18-21-3-6-24(7-4-21)32-13-2-12-29-32)11-9-27(35-28)30-14-10-22-5-8-25(17-23(22)19-30)31-15-16-34-20-26(31)33;/h2-8,12-13,17,27H,9-11,14-16,18-20H2,1H3;1H4. The van der Waals surface area contributed by atoms with Crippen LogP contribution in [0.25, 0.3) is 5.69 Å². The molecule has 3 aromatic rings. The predicted molar refractivity (Wildman–Crippen MR) is 147 cm³/mol. The Morgan fingerprint density at radius 3 is 2.72 bits per heavy atom. The average Bonchev–Trinajstić information content (AvgIpc) is 3.55. The summed E-state index contributed by atoms with van der Waals surface area (Å²) >= 11 is 2.15. The van der Waals surface area contributed by atoms with Gasteiger partial charge in [-0.2, -0.15) is 5.10 Å². The van der Waals surface area contributed by atoms with E-state index in [1.165, 1.54) is 29.5 Å². The molecule has 2 saturated heterocycles. The molecule has 2 unspecified atom stereocenters. The Labute approximate surface area is 218 Å². The van der Waals surface area contributed by atoms with E-state index in [4.69, 9.17) is 4.74 Å². The number of carbonyl (C=O) groups is 1. The van der Waals surface area contributed by atoms with E-state index >= 15 is 0 Å². The van der Waals surface area contributed by atoms with Crippen LogP contribution in [0.2, 0.25) is 0 Å². The smallest absolute Gasteiger partial charge is 0.253 e. The second kappa shape index (κ2) is 10.4. The Bertz CT molecular complexity index is 1200. The number of benzene rings is 2. The molecule has 4 heterocycles. The molecule has 7 heteroatoms. The lowest BCUT2D eigenvalue weighted by atomic mass is 9.95. The fourth-order valence-electron chi connectivity index (χ4n) is 5.65. The summed E-state index contributed by atoms with van der Waals surface area (Å²) in [5.74, 6) is 0.0589. The molecule has 3 aliphatic heterocycles. The van der Waals surface area contributed by atoms with Gasteiger partial charge in [0.25, 0.3) is 5.91 Å². The summed E-state index contributed by atoms with van der Waals surface area (Å²) in [6.07, 6.45) is 8.41. The van der Waals surface area contributed by atoms with Crippen LogP contribution in [0.5, 0.6) is 0 Å². The van der Waals surface area contributed by atoms with E-state index in [2.05, 4.69) is 71.1 Å². The third-order valence-electron chi connectivity index (χ3n) is 7.56. The van der Waals surface area contributed by atoms with Crippen molar-refractivity contribution >= 4 is 23.4 Å². The zero-order valence-electron chi connectivity index (χ0n) is 20.2. The molecule has 2 fully saturated rings. The van der Waals surface area contributed by atoms with Gasteiger partial charge < -0.3 is 9.64 Å². The van der Waals surface area contributed by atoms with Gasteiger partial charge >= 0.3 is 0 Å². The number of amides is 1. The minimum absolute atomic E-state index is 0. The zero-order valence-corrected chi connectivity index (χ0v) is 21.0. The number of aromatic nitrogens is 2. The topological polar surface area (TPSA) is 50.6 Å². The quantitative estimate of drug-likeness (QED) is 0.485. The number of hydrogen-bond donors (Lipinski definition) is 0. The summed E-state index contributed by atoms with van der Waals surface area (Å²) in [5.41, 5.74) is 6.30. The van der Waals surface area contributed by atoms with Crippen LogP contribution in [-0.2, 0) is 28.9 Å². The maximum atomic E-state index is 12.3. The number of rotatable bonds is 5. The van der Waals surface area contributed by atoms with Gasteiger partial charge in [0.1, 0.15) is 6.61 Å². The number of thioether (sulfide) groups is 1. The van der Waals surface area contributed by atoms with Gasteiger partial charge in [0.2, 0.25) is 0 Å². The molecular weight excluding hydrogens is 468 g/mol. The summed E-state index contributed by atoms with van der Waals surface area (Å²) in [4.78, 5) is 16.9. The summed E-state index contributed by atoms with van der Waals surface area (Å²) in [6, 6.07) is 17.4. The molecule has 0 N–H and O–H groups in total. The van der Waals surface area contributed by atoms with Crippen molar-refractivity contribution in [2.75, 3.05) is 31.2 Å². The fourth-order valence-corrected chi connectivity index (χ4v) is 7.36. The molecule has 0 spiro atoms. The lowest BCUT2D eigenvalue weighted by Crippen LogP contribution is -2.42. The van der Waals surface area contributed by atoms with Gasteiger partial charge in [0.05, 0.1) is 17.7 Å². The fraction of sp³-hybridized carbons (Fsp3) is 0.448. The molecule has 2 aromatic carbocycles. The largest absolute Gasteiger partial charge is 0.370 e. The van der Waals surface area contributed by atoms with Crippen LogP contribution in [-0.4, -0.2) is 57.0 Å². The minimum Gasteiger partial charge on any atom is -0.370 e. The highest BCUT2D eigenvalue weighted by molar-refractivity contribution is 8.01. The molecule has 0 aliphatic carbocycles. The Morgan fingerprint density at radius 1 is 1.11 bits per heavy atom. The van der Waals surface area contributed by atoms with Crippen molar-refractivity contribution in [3.8, 4) is 5.69 Å². The molecule has 6 rings (SSSR count). The van der Waals surface area contributed by atoms with E-state index in [1.54, 1.807) is 0 Å². The summed E-state index contributed by atoms with van der Waals surface area (Å²) in [6.45, 7) is 5.94. The number of ether oxygens (including phenoxy) is 1. The Balaban J connectivity index is 0.00000267. The van der Waals surface area contributed by atoms with Gasteiger partial charge in [0, 0.05) is 42.5 Å². The Hall–Kier alpha value is -2.61. The first-order valence-electron chi connectivity index (χ1n) is 12.6. The number of carbonyl (C=O) groups excluding carboxylic acids is 1. The highest BCUT2D eigenvalue weighted by atomic mass is 32.2. The second-order valence-corrected chi connectivity index (χ2v) is 11.9. The highest BCUT2D eigenvalue weighted by Crippen LogP contribution is 2.47. The van der Waals surface area contributed by atoms with Crippen molar-refractivity contribution in [1.29, 1.82) is 0 Å². The zero-order chi connectivity index (χ0) is 23.8. The van der Waals surface area contributed by atoms with E-state index in [1.807, 2.05) is 28.0 Å². The molecule has 3 aliphatic rings. The Morgan fingerprint density at radius 2 is 1.94 bits per heavy atom. The van der Waals surface area contributed by atoms with E-state index in [-0.39, 0.29) is 24.7 Å². The van der Waals surface area contributed by atoms with Crippen LogP contribution in [0.15, 0.2) is 60.9 Å². The minimum atomic E-state index is 0. The monoisotopic (exact) mass is 504 g/mol. The number of fused-ring (bicyclic) bond motifs is 1. The third-order valence-corrected chi connectivity index (χ3v) is 9.28. The first-order valence-corrected chi connectivity index (χ1v) is 13.5. The number of nitrogens with zero attached hydrogens (tertiary/aromatic N) is 4. The van der Waals surface area contributed by atoms with Crippen LogP contribution < -0.4 is 4.90 Å². The van der Waals surface area contributed by atoms with Gasteiger partial charge in [0.15, 0.2) is 0 Å². The molecule has 36 heavy (non-hydrogen) atoms. The molecule has 0 radical (unpaired) electrons. The van der Waals surface area contributed by atoms with Crippen molar-refractivity contribution in [3.63, 3.8) is 0 Å². The van der Waals surface area contributed by atoms with Crippen LogP contribution in [0.1, 0.15) is 43.9 Å². The molecule has 6 nitrogen and oxygen atoms in total. The normalized spacial score (nSPS) is 24.4. The molecular formula is C29H36N4O2S. The summed E-state index contributed by atoms with van der Waals surface area (Å²) in [5, 5.41) is 4.88. The first-order chi connectivity index (χ1) is 17.1. The lowest BCUT2D eigenvalue weighted by molar-refractivity contribution is -0.125.